The Balaban J connectivity index is -0.000000000500. The van der Waals surface area contributed by atoms with Crippen molar-refractivity contribution in [1.29, 1.82) is 1.12 Å². The molecule has 0 unspecified atom stereocenters. The van der Waals surface area contributed by atoms with Crippen LogP contribution in [0.4, 0.5) is 0 Å². The Hall–Kier alpha value is 0.295. The molecule has 0 bridgehead atoms. The second-order valence-corrected chi connectivity index (χ2v) is 0. The molecule has 0 aliphatic rings. The Labute approximate surface area is 49.7 Å². The minimum Gasteiger partial charge on any atom is -0.344 e. The van der Waals surface area contributed by atoms with Crippen molar-refractivity contribution in [2.24, 2.45) is 0 Å². The molecule has 0 amide bonds. The smallest absolute Gasteiger partial charge is 0.0985 e. The maximum atomic E-state index is 5.44. The van der Waals surface area contributed by atoms with E-state index >= 15 is 0 Å². The van der Waals surface area contributed by atoms with Gasteiger partial charge in [0.1, 0.15) is 0 Å². The van der Waals surface area contributed by atoms with Crippen LogP contribution in [-0.4, -0.2) is 9.54 Å². The van der Waals surface area contributed by atoms with E-state index in [1.807, 2.05) is 0 Å². The first-order valence-corrected chi connectivity index (χ1v) is 0. The zero-order chi connectivity index (χ0) is 2.00. The molecule has 0 fully saturated rings. The predicted molar refractivity (Wildman–Crippen MR) is 37.9 cm³/mol. The van der Waals surface area contributed by atoms with Gasteiger partial charge in [-0.15, -0.1) is 0 Å². The molecule has 0 aliphatic heterocycles. The van der Waals surface area contributed by atoms with Gasteiger partial charge in [-0.1, -0.05) is 7.43 Å². The Kier molecular flexibility index (Phi) is 19700. The van der Waals surface area contributed by atoms with Crippen LogP contribution in [0.2, 0.25) is 0 Å². The first kappa shape index (κ1) is 105. The maximum absolute atomic E-state index is 5.44. The standard InChI is InChI=1S/CH4.B.3H3N.H2S/h1H4;;3*1H3;1H2/i/hD. The van der Waals surface area contributed by atoms with Crippen molar-refractivity contribution in [2.75, 3.05) is 0 Å². The Morgan fingerprint density at radius 1 is 1.00 bits per heavy atom. The van der Waals surface area contributed by atoms with Crippen LogP contribution in [0.5, 0.6) is 0 Å². The highest BCUT2D eigenvalue weighted by Gasteiger charge is 0.0000272. The van der Waals surface area contributed by atoms with Crippen LogP contribution in [0, 0.1) is 0 Å². The van der Waals surface area contributed by atoms with E-state index in [2.05, 4.69) is 13.4 Å². The molecule has 9 N–H and O–H groups in total. The van der Waals surface area contributed by atoms with Gasteiger partial charge < -0.3 is 18.5 Å². The van der Waals surface area contributed by atoms with Crippen molar-refractivity contribution in [1.82, 2.24) is 18.5 Å². The highest BCUT2D eigenvalue weighted by Crippen LogP contribution is 0.648. The average molecular weight is 113 g/mol. The molecule has 3 radical (unpaired) electrons. The van der Waals surface area contributed by atoms with E-state index in [4.69, 9.17) is 1.12 Å². The van der Waals surface area contributed by atoms with Crippen molar-refractivity contribution in [2.45, 2.75) is 7.43 Å². The lowest BCUT2D eigenvalue weighted by Crippen LogP contribution is -0.482. The highest BCUT2D eigenvalue weighted by atomic mass is 32.1. The summed E-state index contributed by atoms with van der Waals surface area (Å²) in [6.07, 6.45) is 0. The van der Waals surface area contributed by atoms with E-state index in [-0.39, 0.29) is 34.3 Å². The van der Waals surface area contributed by atoms with E-state index in [9.17, 15) is 0 Å². The van der Waals surface area contributed by atoms with Crippen molar-refractivity contribution < 1.29 is 0 Å². The van der Waals surface area contributed by atoms with Gasteiger partial charge in [0, 0.05) is 8.41 Å². The molecule has 0 saturated carbocycles. The monoisotopic (exact) mass is 113 g/mol. The molecule has 3 nitrogen and oxygen atoms in total. The fraction of sp³-hybridized carbons (Fsp3) is 1.00. The van der Waals surface area contributed by atoms with Gasteiger partial charge in [0.2, 0.25) is 0 Å². The molecule has 0 aromatic heterocycles. The third kappa shape index (κ3) is 536. The van der Waals surface area contributed by atoms with Gasteiger partial charge in [0.25, 0.3) is 0 Å². The van der Waals surface area contributed by atoms with Crippen LogP contribution >= 0.6 is 13.4 Å². The molecule has 0 aromatic rings. The van der Waals surface area contributed by atoms with Crippen LogP contribution in [0.15, 0.2) is 0 Å². The third-order valence-electron chi connectivity index (χ3n) is 0. The summed E-state index contributed by atoms with van der Waals surface area (Å²) < 4.78 is 5.44. The van der Waals surface area contributed by atoms with E-state index in [1.54, 1.807) is 0 Å². The molecule has 0 atom stereocenters. The zero-order valence-corrected chi connectivity index (χ0v) is 4.04. The molecule has 6 heavy (non-hydrogen) atoms. The summed E-state index contributed by atoms with van der Waals surface area (Å²) in [6.45, 7) is 0. The van der Waals surface area contributed by atoms with Gasteiger partial charge in [-0.25, -0.2) is 0 Å². The molecule has 0 aromatic carbocycles. The second-order valence-electron chi connectivity index (χ2n) is 0. The topological polar surface area (TPSA) is 105 Å². The summed E-state index contributed by atoms with van der Waals surface area (Å²) in [4.78, 5) is 0. The molecule has 0 rings (SSSR count). The molecule has 0 saturated heterocycles. The maximum Gasteiger partial charge on any atom is 0.0985 e. The summed E-state index contributed by atoms with van der Waals surface area (Å²) in [5.74, 6) is 0. The first-order valence-electron chi connectivity index (χ1n) is 0.447. The Morgan fingerprint density at radius 2 is 1.00 bits per heavy atom. The lowest BCUT2D eigenvalue weighted by atomic mass is 10.8. The molecule has 5 heteroatoms. The summed E-state index contributed by atoms with van der Waals surface area (Å²) in [7, 11) is 0. The van der Waals surface area contributed by atoms with Gasteiger partial charge in [0.05, 0.1) is 1.12 Å². The molecular formula is CH15BN3S. The SMILES string of the molecule is C.N.N.N.[2H]S.[B]. The summed E-state index contributed by atoms with van der Waals surface area (Å²) in [5, 5.41) is 0. The van der Waals surface area contributed by atoms with Crippen LogP contribution in [0.3, 0.4) is 0 Å². The molecular weight excluding hydrogens is 96.9 g/mol. The second kappa shape index (κ2) is 1120. The number of hydrogen-bond donors (Lipinski definition) is 3. The summed E-state index contributed by atoms with van der Waals surface area (Å²) >= 11 is 2.78. The van der Waals surface area contributed by atoms with E-state index in [0.29, 0.717) is 0 Å². The minimum absolute atomic E-state index is 0. The van der Waals surface area contributed by atoms with Gasteiger partial charge in [-0.2, -0.15) is 13.4 Å². The molecule has 0 heterocycles. The average Bonchev–Trinajstić information content (AvgIpc) is 1.00. The van der Waals surface area contributed by atoms with Gasteiger partial charge >= 0.3 is 0 Å². The fourth-order valence-electron chi connectivity index (χ4n) is 0. The van der Waals surface area contributed by atoms with Crippen molar-refractivity contribution in [3.8, 4) is 0 Å². The lowest BCUT2D eigenvalue weighted by Gasteiger charge is -0.345. The van der Waals surface area contributed by atoms with Crippen molar-refractivity contribution >= 4 is 21.8 Å². The number of hydrogen-bond acceptors (Lipinski definition) is 3. The van der Waals surface area contributed by atoms with Gasteiger partial charge in [0.15, 0.2) is 0 Å². The third-order valence-corrected chi connectivity index (χ3v) is 0. The first-order chi connectivity index (χ1) is 1.00. The van der Waals surface area contributed by atoms with Crippen molar-refractivity contribution in [3.63, 3.8) is 0 Å². The fourth-order valence-corrected chi connectivity index (χ4v) is 0. The van der Waals surface area contributed by atoms with E-state index in [0.717, 1.165) is 0 Å². The Bertz CT molecular complexity index is 14.9. The lowest BCUT2D eigenvalue weighted by molar-refractivity contribution is 2.13. The molecule has 43 valence electrons. The predicted octanol–water partition coefficient (Wildman–Crippen LogP) is 0.854. The van der Waals surface area contributed by atoms with Crippen LogP contribution in [0.25, 0.3) is 0 Å². The largest absolute Gasteiger partial charge is 0.344 e. The Morgan fingerprint density at radius 3 is 1.00 bits per heavy atom. The quantitative estimate of drug-likeness (QED) is 0.405. The normalized spacial score (nSPS) is 1.17. The summed E-state index contributed by atoms with van der Waals surface area (Å²) in [5.41, 5.74) is 0. The van der Waals surface area contributed by atoms with Crippen LogP contribution in [-0.2, 0) is 0 Å². The number of rotatable bonds is 0. The van der Waals surface area contributed by atoms with Crippen LogP contribution < -0.4 is 18.5 Å². The van der Waals surface area contributed by atoms with Crippen molar-refractivity contribution in [3.05, 3.63) is 0 Å². The van der Waals surface area contributed by atoms with E-state index < -0.39 is 0 Å². The summed E-state index contributed by atoms with van der Waals surface area (Å²) in [6, 6.07) is 0. The highest BCUT2D eigenvalue weighted by molar-refractivity contribution is 7.59. The molecule has 0 spiro atoms. The van der Waals surface area contributed by atoms with Crippen LogP contribution in [0.1, 0.15) is 7.43 Å². The van der Waals surface area contributed by atoms with Gasteiger partial charge in [-0.05, 0) is 0 Å². The van der Waals surface area contributed by atoms with E-state index in [1.165, 1.54) is 0 Å². The minimum atomic E-state index is 0. The van der Waals surface area contributed by atoms with Gasteiger partial charge in [-0.3, -0.25) is 0 Å². The zero-order valence-electron chi connectivity index (χ0n) is 4.15. The molecule has 0 aliphatic carbocycles.